The number of amides is 1. The van der Waals surface area contributed by atoms with Crippen LogP contribution < -0.4 is 0 Å². The van der Waals surface area contributed by atoms with Gasteiger partial charge in [-0.15, -0.1) is 0 Å². The van der Waals surface area contributed by atoms with Crippen molar-refractivity contribution in [3.05, 3.63) is 0 Å². The van der Waals surface area contributed by atoms with Gasteiger partial charge in [-0.1, -0.05) is 0 Å². The maximum absolute atomic E-state index is 10.8. The third-order valence-corrected chi connectivity index (χ3v) is 1.36. The predicted octanol–water partition coefficient (Wildman–Crippen LogP) is 0.265. The van der Waals surface area contributed by atoms with E-state index < -0.39 is 0 Å². The lowest BCUT2D eigenvalue weighted by Crippen LogP contribution is -2.32. The van der Waals surface area contributed by atoms with Gasteiger partial charge in [0.05, 0.1) is 12.4 Å². The molecule has 0 fully saturated rings. The van der Waals surface area contributed by atoms with Crippen LogP contribution in [0.5, 0.6) is 0 Å². The van der Waals surface area contributed by atoms with Crippen LogP contribution in [0.15, 0.2) is 4.99 Å². The van der Waals surface area contributed by atoms with Gasteiger partial charge in [-0.25, -0.2) is 0 Å². The number of carbonyl (C=O) groups is 1. The summed E-state index contributed by atoms with van der Waals surface area (Å²) in [5.41, 5.74) is 0. The van der Waals surface area contributed by atoms with Crippen molar-refractivity contribution in [2.24, 2.45) is 4.99 Å². The Bertz CT molecular complexity index is 153. The molecule has 0 radical (unpaired) electrons. The van der Waals surface area contributed by atoms with E-state index in [2.05, 4.69) is 4.99 Å². The molecule has 0 bridgehead atoms. The Kier molecular flexibility index (Phi) is 1.51. The third kappa shape index (κ3) is 1.28. The molecule has 1 amide bonds. The normalized spacial score (nSPS) is 27.1. The molecule has 0 spiro atoms. The van der Waals surface area contributed by atoms with Crippen LogP contribution in [0.1, 0.15) is 13.3 Å². The van der Waals surface area contributed by atoms with Crippen molar-refractivity contribution in [1.82, 2.24) is 4.90 Å². The molecule has 3 heteroatoms. The summed E-state index contributed by atoms with van der Waals surface area (Å²) in [6.45, 7) is 1.93. The minimum atomic E-state index is 0.150. The Morgan fingerprint density at radius 2 is 2.56 bits per heavy atom. The molecule has 3 nitrogen and oxygen atoms in total. The number of carbonyl (C=O) groups excluding carboxylic acids is 1. The number of hydrogen-bond acceptors (Lipinski definition) is 2. The van der Waals surface area contributed by atoms with Crippen molar-refractivity contribution in [3.63, 3.8) is 0 Å². The molecule has 0 saturated carbocycles. The van der Waals surface area contributed by atoms with Gasteiger partial charge < -0.3 is 4.90 Å². The largest absolute Gasteiger partial charge is 0.306 e. The zero-order valence-corrected chi connectivity index (χ0v) is 5.66. The molecule has 9 heavy (non-hydrogen) atoms. The zero-order valence-electron chi connectivity index (χ0n) is 5.66. The van der Waals surface area contributed by atoms with Gasteiger partial charge in [-0.05, 0) is 6.92 Å². The van der Waals surface area contributed by atoms with Crippen LogP contribution in [-0.2, 0) is 4.79 Å². The van der Waals surface area contributed by atoms with Crippen LogP contribution in [0.3, 0.4) is 0 Å². The molecule has 1 heterocycles. The molecule has 0 aromatic carbocycles. The minimum Gasteiger partial charge on any atom is -0.306 e. The predicted molar refractivity (Wildman–Crippen MR) is 35.3 cm³/mol. The molecule has 1 aliphatic rings. The average Bonchev–Trinajstić information content (AvgIpc) is 1.80. The summed E-state index contributed by atoms with van der Waals surface area (Å²) in [5, 5.41) is 0. The highest BCUT2D eigenvalue weighted by molar-refractivity contribution is 5.89. The molecule has 0 aromatic heterocycles. The molecule has 1 atom stereocenters. The average molecular weight is 126 g/mol. The first-order valence-electron chi connectivity index (χ1n) is 2.99. The molecule has 1 rings (SSSR count). The van der Waals surface area contributed by atoms with E-state index >= 15 is 0 Å². The summed E-state index contributed by atoms with van der Waals surface area (Å²) < 4.78 is 0. The number of rotatable bonds is 0. The lowest BCUT2D eigenvalue weighted by Gasteiger charge is -2.18. The van der Waals surface area contributed by atoms with E-state index in [0.29, 0.717) is 6.42 Å². The maximum Gasteiger partial charge on any atom is 0.229 e. The van der Waals surface area contributed by atoms with Crippen molar-refractivity contribution in [2.75, 3.05) is 7.05 Å². The van der Waals surface area contributed by atoms with E-state index in [1.54, 1.807) is 13.4 Å². The van der Waals surface area contributed by atoms with Gasteiger partial charge in [0.2, 0.25) is 5.91 Å². The van der Waals surface area contributed by atoms with Crippen LogP contribution in [-0.4, -0.2) is 30.2 Å². The second kappa shape index (κ2) is 2.17. The summed E-state index contributed by atoms with van der Waals surface area (Å²) in [6.07, 6.45) is 2.13. The van der Waals surface area contributed by atoms with Crippen LogP contribution in [0, 0.1) is 0 Å². The van der Waals surface area contributed by atoms with E-state index in [9.17, 15) is 4.79 Å². The first-order valence-corrected chi connectivity index (χ1v) is 2.99. The van der Waals surface area contributed by atoms with Crippen molar-refractivity contribution in [3.8, 4) is 0 Å². The van der Waals surface area contributed by atoms with Crippen molar-refractivity contribution in [1.29, 1.82) is 0 Å². The molecular weight excluding hydrogens is 116 g/mol. The van der Waals surface area contributed by atoms with Gasteiger partial charge in [0.15, 0.2) is 0 Å². The molecule has 1 aliphatic heterocycles. The van der Waals surface area contributed by atoms with Gasteiger partial charge in [0.1, 0.15) is 0 Å². The lowest BCUT2D eigenvalue weighted by atomic mass is 10.2. The summed E-state index contributed by atoms with van der Waals surface area (Å²) in [4.78, 5) is 16.4. The Morgan fingerprint density at radius 1 is 1.89 bits per heavy atom. The molecule has 0 saturated heterocycles. The lowest BCUT2D eigenvalue weighted by molar-refractivity contribution is -0.127. The van der Waals surface area contributed by atoms with E-state index in [0.717, 1.165) is 0 Å². The van der Waals surface area contributed by atoms with Crippen molar-refractivity contribution < 1.29 is 4.79 Å². The van der Waals surface area contributed by atoms with Crippen LogP contribution >= 0.6 is 0 Å². The Morgan fingerprint density at radius 3 is 3.00 bits per heavy atom. The number of aliphatic imine (C=N–C) groups is 1. The van der Waals surface area contributed by atoms with E-state index in [1.165, 1.54) is 4.90 Å². The minimum absolute atomic E-state index is 0.150. The summed E-state index contributed by atoms with van der Waals surface area (Å²) >= 11 is 0. The summed E-state index contributed by atoms with van der Waals surface area (Å²) in [6, 6.07) is 0.175. The number of nitrogens with zero attached hydrogens (tertiary/aromatic N) is 2. The second-order valence-electron chi connectivity index (χ2n) is 2.32. The Hall–Kier alpha value is -0.860. The van der Waals surface area contributed by atoms with Crippen LogP contribution in [0.2, 0.25) is 0 Å². The Balaban J connectivity index is 2.65. The molecule has 50 valence electrons. The monoisotopic (exact) mass is 126 g/mol. The van der Waals surface area contributed by atoms with E-state index in [4.69, 9.17) is 0 Å². The molecule has 0 N–H and O–H groups in total. The molecule has 0 aliphatic carbocycles. The molecular formula is C6H10N2O. The second-order valence-corrected chi connectivity index (χ2v) is 2.32. The van der Waals surface area contributed by atoms with Gasteiger partial charge >= 0.3 is 0 Å². The van der Waals surface area contributed by atoms with Gasteiger partial charge in [0, 0.05) is 13.5 Å². The zero-order chi connectivity index (χ0) is 6.85. The van der Waals surface area contributed by atoms with E-state index in [1.807, 2.05) is 6.92 Å². The van der Waals surface area contributed by atoms with E-state index in [-0.39, 0.29) is 11.9 Å². The van der Waals surface area contributed by atoms with Crippen molar-refractivity contribution >= 4 is 12.2 Å². The number of hydrogen-bond donors (Lipinski definition) is 0. The fraction of sp³-hybridized carbons (Fsp3) is 0.667. The van der Waals surface area contributed by atoms with Crippen LogP contribution in [0.4, 0.5) is 0 Å². The molecule has 0 aromatic rings. The summed E-state index contributed by atoms with van der Waals surface area (Å²) in [7, 11) is 1.72. The Labute approximate surface area is 54.4 Å². The first-order chi connectivity index (χ1) is 4.20. The quantitative estimate of drug-likeness (QED) is 0.458. The topological polar surface area (TPSA) is 32.7 Å². The fourth-order valence-corrected chi connectivity index (χ4v) is 0.728. The third-order valence-electron chi connectivity index (χ3n) is 1.36. The van der Waals surface area contributed by atoms with Gasteiger partial charge in [-0.3, -0.25) is 9.79 Å². The first kappa shape index (κ1) is 6.26. The highest BCUT2D eigenvalue weighted by Crippen LogP contribution is 2.03. The smallest absolute Gasteiger partial charge is 0.229 e. The van der Waals surface area contributed by atoms with Crippen LogP contribution in [0.25, 0.3) is 0 Å². The maximum atomic E-state index is 10.8. The molecule has 1 unspecified atom stereocenters. The highest BCUT2D eigenvalue weighted by atomic mass is 16.2. The standard InChI is InChI=1S/C6H10N2O/c1-5-3-6(9)8(2)4-7-5/h4-5H,3H2,1-2H3. The fourth-order valence-electron chi connectivity index (χ4n) is 0.728. The van der Waals surface area contributed by atoms with Gasteiger partial charge in [0.25, 0.3) is 0 Å². The summed E-state index contributed by atoms with van der Waals surface area (Å²) in [5.74, 6) is 0.150. The van der Waals surface area contributed by atoms with Gasteiger partial charge in [-0.2, -0.15) is 0 Å². The SMILES string of the molecule is CC1CC(=O)N(C)C=N1. The van der Waals surface area contributed by atoms with Crippen molar-refractivity contribution in [2.45, 2.75) is 19.4 Å². The highest BCUT2D eigenvalue weighted by Gasteiger charge is 2.14.